The summed E-state index contributed by atoms with van der Waals surface area (Å²) in [5.41, 5.74) is 10.4. The van der Waals surface area contributed by atoms with Crippen LogP contribution in [0.3, 0.4) is 0 Å². The van der Waals surface area contributed by atoms with Gasteiger partial charge in [0.05, 0.1) is 5.52 Å². The Balaban J connectivity index is 2.48. The maximum Gasteiger partial charge on any atom is 0.0757 e. The predicted octanol–water partition coefficient (Wildman–Crippen LogP) is 2.89. The van der Waals surface area contributed by atoms with Gasteiger partial charge in [0.1, 0.15) is 0 Å². The van der Waals surface area contributed by atoms with Crippen molar-refractivity contribution in [1.82, 2.24) is 4.98 Å². The average molecular weight is 257 g/mol. The lowest BCUT2D eigenvalue weighted by Crippen LogP contribution is -2.10. The molecule has 2 N–H and O–H groups in total. The summed E-state index contributed by atoms with van der Waals surface area (Å²) in [5, 5.41) is 1.24. The summed E-state index contributed by atoms with van der Waals surface area (Å²) in [6.07, 6.45) is 3.25. The topological polar surface area (TPSA) is 42.1 Å². The number of anilines is 1. The van der Waals surface area contributed by atoms with Crippen LogP contribution in [0.25, 0.3) is 10.9 Å². The van der Waals surface area contributed by atoms with E-state index in [9.17, 15) is 0 Å². The second kappa shape index (κ2) is 6.02. The van der Waals surface area contributed by atoms with Gasteiger partial charge in [-0.2, -0.15) is 0 Å². The molecule has 0 spiro atoms. The molecule has 0 aliphatic carbocycles. The van der Waals surface area contributed by atoms with Gasteiger partial charge in [0, 0.05) is 30.9 Å². The molecule has 0 radical (unpaired) electrons. The number of nitrogens with two attached hydrogens (primary N) is 1. The molecule has 0 saturated heterocycles. The van der Waals surface area contributed by atoms with Gasteiger partial charge in [-0.05, 0) is 44.4 Å². The van der Waals surface area contributed by atoms with Crippen LogP contribution in [0.15, 0.2) is 24.3 Å². The molecule has 0 aliphatic heterocycles. The molecule has 19 heavy (non-hydrogen) atoms. The number of aryl methyl sites for hydroxylation is 2. The number of para-hydroxylation sites is 1. The fraction of sp³-hybridized carbons (Fsp3) is 0.438. The normalized spacial score (nSPS) is 10.9. The van der Waals surface area contributed by atoms with Crippen LogP contribution in [0, 0.1) is 6.92 Å². The standard InChI is InChI=1S/C16H23N3/c1-12-11-15(19(2)3)14-9-6-8-13(16(14)18-12)7-4-5-10-17/h6,8-9,11H,4-5,7,10,17H2,1-3H3. The van der Waals surface area contributed by atoms with Crippen LogP contribution in [-0.2, 0) is 6.42 Å². The van der Waals surface area contributed by atoms with Crippen LogP contribution in [0.4, 0.5) is 5.69 Å². The maximum absolute atomic E-state index is 5.57. The lowest BCUT2D eigenvalue weighted by Gasteiger charge is -2.17. The quantitative estimate of drug-likeness (QED) is 0.837. The SMILES string of the molecule is Cc1cc(N(C)C)c2cccc(CCCCN)c2n1. The lowest BCUT2D eigenvalue weighted by atomic mass is 10.0. The van der Waals surface area contributed by atoms with E-state index in [1.165, 1.54) is 16.6 Å². The van der Waals surface area contributed by atoms with Gasteiger partial charge in [-0.15, -0.1) is 0 Å². The van der Waals surface area contributed by atoms with E-state index >= 15 is 0 Å². The summed E-state index contributed by atoms with van der Waals surface area (Å²) >= 11 is 0. The smallest absolute Gasteiger partial charge is 0.0757 e. The summed E-state index contributed by atoms with van der Waals surface area (Å²) in [6, 6.07) is 8.62. The van der Waals surface area contributed by atoms with Gasteiger partial charge >= 0.3 is 0 Å². The van der Waals surface area contributed by atoms with Crippen LogP contribution < -0.4 is 10.6 Å². The molecule has 3 nitrogen and oxygen atoms in total. The van der Waals surface area contributed by atoms with Crippen molar-refractivity contribution >= 4 is 16.6 Å². The summed E-state index contributed by atoms with van der Waals surface area (Å²) in [7, 11) is 4.16. The molecular formula is C16H23N3. The van der Waals surface area contributed by atoms with Crippen molar-refractivity contribution in [3.05, 3.63) is 35.5 Å². The number of fused-ring (bicyclic) bond motifs is 1. The third-order valence-corrected chi connectivity index (χ3v) is 3.41. The van der Waals surface area contributed by atoms with Gasteiger partial charge in [0.2, 0.25) is 0 Å². The Morgan fingerprint density at radius 2 is 2.00 bits per heavy atom. The van der Waals surface area contributed by atoms with E-state index in [0.717, 1.165) is 37.0 Å². The van der Waals surface area contributed by atoms with Crippen LogP contribution in [-0.4, -0.2) is 25.6 Å². The average Bonchev–Trinajstić information content (AvgIpc) is 2.38. The molecule has 2 rings (SSSR count). The van der Waals surface area contributed by atoms with E-state index < -0.39 is 0 Å². The molecule has 2 aromatic rings. The molecule has 1 heterocycles. The molecule has 0 bridgehead atoms. The third-order valence-electron chi connectivity index (χ3n) is 3.41. The van der Waals surface area contributed by atoms with Gasteiger partial charge in [0.15, 0.2) is 0 Å². The monoisotopic (exact) mass is 257 g/mol. The number of hydrogen-bond donors (Lipinski definition) is 1. The minimum Gasteiger partial charge on any atom is -0.377 e. The van der Waals surface area contributed by atoms with Gasteiger partial charge in [-0.3, -0.25) is 4.98 Å². The first kappa shape index (κ1) is 13.8. The second-order valence-corrected chi connectivity index (χ2v) is 5.24. The number of unbranched alkanes of at least 4 members (excludes halogenated alkanes) is 1. The van der Waals surface area contributed by atoms with E-state index in [1.807, 2.05) is 0 Å². The minimum atomic E-state index is 0.764. The molecular weight excluding hydrogens is 234 g/mol. The molecule has 0 unspecified atom stereocenters. The molecule has 1 aromatic heterocycles. The highest BCUT2D eigenvalue weighted by atomic mass is 15.1. The predicted molar refractivity (Wildman–Crippen MR) is 82.8 cm³/mol. The molecule has 3 heteroatoms. The van der Waals surface area contributed by atoms with Gasteiger partial charge < -0.3 is 10.6 Å². The Kier molecular flexibility index (Phi) is 4.38. The first-order valence-electron chi connectivity index (χ1n) is 6.90. The van der Waals surface area contributed by atoms with E-state index in [4.69, 9.17) is 10.7 Å². The first-order valence-corrected chi connectivity index (χ1v) is 6.90. The Morgan fingerprint density at radius 1 is 1.21 bits per heavy atom. The molecule has 0 fully saturated rings. The summed E-state index contributed by atoms with van der Waals surface area (Å²) in [4.78, 5) is 6.89. The number of benzene rings is 1. The van der Waals surface area contributed by atoms with Crippen LogP contribution in [0.2, 0.25) is 0 Å². The van der Waals surface area contributed by atoms with Crippen LogP contribution in [0.1, 0.15) is 24.1 Å². The number of hydrogen-bond acceptors (Lipinski definition) is 3. The number of nitrogens with zero attached hydrogens (tertiary/aromatic N) is 2. The zero-order valence-corrected chi connectivity index (χ0v) is 12.1. The fourth-order valence-electron chi connectivity index (χ4n) is 2.45. The maximum atomic E-state index is 5.57. The van der Waals surface area contributed by atoms with Crippen molar-refractivity contribution in [1.29, 1.82) is 0 Å². The summed E-state index contributed by atoms with van der Waals surface area (Å²) in [6.45, 7) is 2.82. The van der Waals surface area contributed by atoms with E-state index in [1.54, 1.807) is 0 Å². The van der Waals surface area contributed by atoms with Crippen molar-refractivity contribution in [2.24, 2.45) is 5.73 Å². The highest BCUT2D eigenvalue weighted by Crippen LogP contribution is 2.28. The Hall–Kier alpha value is -1.61. The molecule has 0 saturated carbocycles. The van der Waals surface area contributed by atoms with Crippen molar-refractivity contribution in [3.63, 3.8) is 0 Å². The Labute approximate surface area is 115 Å². The van der Waals surface area contributed by atoms with Crippen LogP contribution in [0.5, 0.6) is 0 Å². The van der Waals surface area contributed by atoms with E-state index in [-0.39, 0.29) is 0 Å². The van der Waals surface area contributed by atoms with E-state index in [0.29, 0.717) is 0 Å². The minimum absolute atomic E-state index is 0.764. The number of aromatic nitrogens is 1. The summed E-state index contributed by atoms with van der Waals surface area (Å²) < 4.78 is 0. The van der Waals surface area contributed by atoms with Gasteiger partial charge in [0.25, 0.3) is 0 Å². The molecule has 1 aromatic carbocycles. The first-order chi connectivity index (χ1) is 9.13. The number of rotatable bonds is 5. The Bertz CT molecular complexity index is 561. The molecule has 0 amide bonds. The van der Waals surface area contributed by atoms with Crippen molar-refractivity contribution in [2.45, 2.75) is 26.2 Å². The van der Waals surface area contributed by atoms with E-state index in [2.05, 4.69) is 50.2 Å². The van der Waals surface area contributed by atoms with Gasteiger partial charge in [-0.1, -0.05) is 18.2 Å². The largest absolute Gasteiger partial charge is 0.377 e. The lowest BCUT2D eigenvalue weighted by molar-refractivity contribution is 0.746. The molecule has 0 aliphatic rings. The molecule has 0 atom stereocenters. The summed E-state index contributed by atoms with van der Waals surface area (Å²) in [5.74, 6) is 0. The Morgan fingerprint density at radius 3 is 2.68 bits per heavy atom. The van der Waals surface area contributed by atoms with Crippen molar-refractivity contribution < 1.29 is 0 Å². The van der Waals surface area contributed by atoms with Crippen molar-refractivity contribution in [2.75, 3.05) is 25.5 Å². The van der Waals surface area contributed by atoms with Crippen LogP contribution >= 0.6 is 0 Å². The third kappa shape index (κ3) is 3.04. The fourth-order valence-corrected chi connectivity index (χ4v) is 2.45. The highest BCUT2D eigenvalue weighted by molar-refractivity contribution is 5.93. The zero-order chi connectivity index (χ0) is 13.8. The zero-order valence-electron chi connectivity index (χ0n) is 12.1. The second-order valence-electron chi connectivity index (χ2n) is 5.24. The van der Waals surface area contributed by atoms with Crippen molar-refractivity contribution in [3.8, 4) is 0 Å². The number of pyridine rings is 1. The molecule has 102 valence electrons. The van der Waals surface area contributed by atoms with Gasteiger partial charge in [-0.25, -0.2) is 0 Å². The highest BCUT2D eigenvalue weighted by Gasteiger charge is 2.09.